The fourth-order valence-electron chi connectivity index (χ4n) is 5.15. The Morgan fingerprint density at radius 3 is 2.46 bits per heavy atom. The normalized spacial score (nSPS) is 12.2. The fraction of sp³-hybridized carbons (Fsp3) is 0.367. The minimum Gasteiger partial charge on any atom is -0.325 e. The van der Waals surface area contributed by atoms with Crippen LogP contribution in [0.3, 0.4) is 0 Å². The summed E-state index contributed by atoms with van der Waals surface area (Å²) >= 11 is 0. The Balaban J connectivity index is 1.88. The first-order valence-corrected chi connectivity index (χ1v) is 12.6. The van der Waals surface area contributed by atoms with Gasteiger partial charge in [-0.3, -0.25) is 9.97 Å². The van der Waals surface area contributed by atoms with Crippen LogP contribution in [0.2, 0.25) is 0 Å². The van der Waals surface area contributed by atoms with Gasteiger partial charge in [0.15, 0.2) is 5.82 Å². The Morgan fingerprint density at radius 1 is 1.06 bits per heavy atom. The van der Waals surface area contributed by atoms with Gasteiger partial charge in [-0.1, -0.05) is 32.8 Å². The highest BCUT2D eigenvalue weighted by atomic mass is 19.1. The van der Waals surface area contributed by atoms with Gasteiger partial charge in [-0.05, 0) is 81.5 Å². The summed E-state index contributed by atoms with van der Waals surface area (Å²) in [6.45, 7) is 12.5. The van der Waals surface area contributed by atoms with Crippen LogP contribution in [-0.4, -0.2) is 19.5 Å². The van der Waals surface area contributed by atoms with E-state index < -0.39 is 0 Å². The van der Waals surface area contributed by atoms with E-state index in [9.17, 15) is 0 Å². The summed E-state index contributed by atoms with van der Waals surface area (Å²) in [6.07, 6.45) is 11.9. The third-order valence-electron chi connectivity index (χ3n) is 6.86. The lowest BCUT2D eigenvalue weighted by atomic mass is 9.93. The van der Waals surface area contributed by atoms with Crippen LogP contribution in [0.4, 0.5) is 4.39 Å². The smallest absolute Gasteiger partial charge is 0.151 e. The summed E-state index contributed by atoms with van der Waals surface area (Å²) < 4.78 is 17.7. The molecule has 182 valence electrons. The standard InChI is InChI=1S/C30H35FN4/c1-7-10-24(11-8-2)35-21(6)34-30-28(31)15-22(16-29(30)35)25(9-3)26-14-23(17-33-20(26)5)27-18-32-13-12-19(27)4/h9,12-18,24H,7-8,10-11H2,1-6H3/b25-9-. The number of fused-ring (bicyclic) bond motifs is 1. The van der Waals surface area contributed by atoms with Crippen LogP contribution in [0, 0.1) is 26.6 Å². The van der Waals surface area contributed by atoms with Crippen molar-refractivity contribution in [1.29, 1.82) is 0 Å². The van der Waals surface area contributed by atoms with Gasteiger partial charge < -0.3 is 4.57 Å². The van der Waals surface area contributed by atoms with Crippen molar-refractivity contribution in [2.75, 3.05) is 0 Å². The number of pyridine rings is 2. The van der Waals surface area contributed by atoms with E-state index in [0.717, 1.165) is 76.1 Å². The summed E-state index contributed by atoms with van der Waals surface area (Å²) in [5.74, 6) is 0.590. The van der Waals surface area contributed by atoms with Crippen LogP contribution < -0.4 is 0 Å². The van der Waals surface area contributed by atoms with Gasteiger partial charge >= 0.3 is 0 Å². The monoisotopic (exact) mass is 470 g/mol. The fourth-order valence-corrected chi connectivity index (χ4v) is 5.15. The predicted molar refractivity (Wildman–Crippen MR) is 143 cm³/mol. The van der Waals surface area contributed by atoms with Crippen LogP contribution >= 0.6 is 0 Å². The highest BCUT2D eigenvalue weighted by Gasteiger charge is 2.21. The molecule has 3 aromatic heterocycles. The molecule has 0 bridgehead atoms. The number of hydrogen-bond acceptors (Lipinski definition) is 3. The molecule has 0 spiro atoms. The largest absolute Gasteiger partial charge is 0.325 e. The number of hydrogen-bond donors (Lipinski definition) is 0. The number of benzene rings is 1. The number of allylic oxidation sites excluding steroid dienone is 1. The zero-order chi connectivity index (χ0) is 25.1. The Labute approximate surface area is 208 Å². The van der Waals surface area contributed by atoms with Gasteiger partial charge in [0.25, 0.3) is 0 Å². The summed E-state index contributed by atoms with van der Waals surface area (Å²) in [5, 5.41) is 0. The highest BCUT2D eigenvalue weighted by Crippen LogP contribution is 2.35. The first kappa shape index (κ1) is 24.8. The molecule has 4 aromatic rings. The molecule has 0 saturated carbocycles. The second kappa shape index (κ2) is 10.5. The quantitative estimate of drug-likeness (QED) is 0.261. The van der Waals surface area contributed by atoms with Crippen molar-refractivity contribution < 1.29 is 4.39 Å². The van der Waals surface area contributed by atoms with Crippen molar-refractivity contribution in [3.8, 4) is 11.1 Å². The Hall–Kier alpha value is -3.34. The molecule has 35 heavy (non-hydrogen) atoms. The molecule has 3 heterocycles. The van der Waals surface area contributed by atoms with Crippen LogP contribution in [0.25, 0.3) is 27.7 Å². The molecule has 0 fully saturated rings. The molecule has 0 saturated heterocycles. The number of imidazole rings is 1. The average molecular weight is 471 g/mol. The first-order valence-electron chi connectivity index (χ1n) is 12.6. The van der Waals surface area contributed by atoms with E-state index in [2.05, 4.69) is 47.4 Å². The molecule has 1 aromatic carbocycles. The van der Waals surface area contributed by atoms with Gasteiger partial charge in [-0.15, -0.1) is 0 Å². The Bertz CT molecular complexity index is 1380. The molecule has 0 amide bonds. The van der Waals surface area contributed by atoms with Crippen molar-refractivity contribution in [1.82, 2.24) is 19.5 Å². The van der Waals surface area contributed by atoms with Crippen molar-refractivity contribution in [3.05, 3.63) is 83.0 Å². The molecule has 4 rings (SSSR count). The van der Waals surface area contributed by atoms with Gasteiger partial charge in [0, 0.05) is 47.0 Å². The molecule has 0 unspecified atom stereocenters. The van der Waals surface area contributed by atoms with Crippen LogP contribution in [-0.2, 0) is 0 Å². The lowest BCUT2D eigenvalue weighted by Gasteiger charge is -2.20. The average Bonchev–Trinajstić information content (AvgIpc) is 3.17. The predicted octanol–water partition coefficient (Wildman–Crippen LogP) is 8.15. The van der Waals surface area contributed by atoms with E-state index in [1.165, 1.54) is 0 Å². The lowest BCUT2D eigenvalue weighted by Crippen LogP contribution is -2.10. The minimum absolute atomic E-state index is 0.282. The van der Waals surface area contributed by atoms with E-state index in [4.69, 9.17) is 4.98 Å². The number of aryl methyl sites for hydroxylation is 3. The maximum atomic E-state index is 15.5. The van der Waals surface area contributed by atoms with E-state index in [0.29, 0.717) is 11.6 Å². The van der Waals surface area contributed by atoms with Crippen molar-refractivity contribution in [2.24, 2.45) is 0 Å². The summed E-state index contributed by atoms with van der Waals surface area (Å²) in [5.41, 5.74) is 8.22. The summed E-state index contributed by atoms with van der Waals surface area (Å²) in [6, 6.07) is 8.18. The van der Waals surface area contributed by atoms with E-state index >= 15 is 4.39 Å². The number of aromatic nitrogens is 4. The molecule has 0 aliphatic heterocycles. The van der Waals surface area contributed by atoms with E-state index in [1.807, 2.05) is 45.3 Å². The molecular weight excluding hydrogens is 435 g/mol. The highest BCUT2D eigenvalue weighted by molar-refractivity contribution is 5.88. The molecule has 4 nitrogen and oxygen atoms in total. The van der Waals surface area contributed by atoms with Crippen LogP contribution in [0.1, 0.15) is 80.7 Å². The molecule has 0 N–H and O–H groups in total. The summed E-state index contributed by atoms with van der Waals surface area (Å²) in [7, 11) is 0. The van der Waals surface area contributed by atoms with Crippen molar-refractivity contribution in [2.45, 2.75) is 73.3 Å². The Morgan fingerprint density at radius 2 is 1.80 bits per heavy atom. The van der Waals surface area contributed by atoms with Gasteiger partial charge in [0.05, 0.1) is 5.52 Å². The molecule has 5 heteroatoms. The van der Waals surface area contributed by atoms with Crippen molar-refractivity contribution >= 4 is 16.6 Å². The van der Waals surface area contributed by atoms with Crippen LogP contribution in [0.5, 0.6) is 0 Å². The summed E-state index contributed by atoms with van der Waals surface area (Å²) in [4.78, 5) is 13.6. The number of rotatable bonds is 8. The molecular formula is C30H35FN4. The van der Waals surface area contributed by atoms with Gasteiger partial charge in [-0.2, -0.15) is 0 Å². The van der Waals surface area contributed by atoms with Gasteiger partial charge in [0.1, 0.15) is 11.3 Å². The topological polar surface area (TPSA) is 43.6 Å². The minimum atomic E-state index is -0.282. The zero-order valence-corrected chi connectivity index (χ0v) is 21.7. The SMILES string of the molecule is C/C=C(/c1cc(F)c2nc(C)n(C(CCC)CCC)c2c1)c1cc(-c2cnccc2C)cnc1C. The van der Waals surface area contributed by atoms with Crippen LogP contribution in [0.15, 0.2) is 48.9 Å². The second-order valence-electron chi connectivity index (χ2n) is 9.34. The second-order valence-corrected chi connectivity index (χ2v) is 9.34. The molecule has 0 aliphatic carbocycles. The van der Waals surface area contributed by atoms with Gasteiger partial charge in [-0.25, -0.2) is 9.37 Å². The van der Waals surface area contributed by atoms with E-state index in [1.54, 1.807) is 12.3 Å². The van der Waals surface area contributed by atoms with Gasteiger partial charge in [0.2, 0.25) is 0 Å². The maximum Gasteiger partial charge on any atom is 0.151 e. The number of nitrogens with zero attached hydrogens (tertiary/aromatic N) is 4. The van der Waals surface area contributed by atoms with Crippen molar-refractivity contribution in [3.63, 3.8) is 0 Å². The maximum absolute atomic E-state index is 15.5. The number of halogens is 1. The molecule has 0 aliphatic rings. The molecule has 0 atom stereocenters. The lowest BCUT2D eigenvalue weighted by molar-refractivity contribution is 0.428. The third kappa shape index (κ3) is 4.77. The Kier molecular flexibility index (Phi) is 7.44. The first-order chi connectivity index (χ1) is 16.9. The third-order valence-corrected chi connectivity index (χ3v) is 6.86. The van der Waals surface area contributed by atoms with E-state index in [-0.39, 0.29) is 5.82 Å². The zero-order valence-electron chi connectivity index (χ0n) is 21.7. The molecule has 0 radical (unpaired) electrons.